The first kappa shape index (κ1) is 11.4. The van der Waals surface area contributed by atoms with E-state index in [1.165, 1.54) is 12.8 Å². The number of nitrogens with zero attached hydrogens (tertiary/aromatic N) is 5. The van der Waals surface area contributed by atoms with Gasteiger partial charge in [-0.25, -0.2) is 4.98 Å². The lowest BCUT2D eigenvalue weighted by Gasteiger charge is -2.18. The van der Waals surface area contributed by atoms with Gasteiger partial charge in [-0.05, 0) is 19.8 Å². The summed E-state index contributed by atoms with van der Waals surface area (Å²) in [6, 6.07) is 0.748. The lowest BCUT2D eigenvalue weighted by Crippen LogP contribution is -2.31. The molecule has 0 unspecified atom stereocenters. The number of anilines is 1. The molecule has 2 heterocycles. The lowest BCUT2D eigenvalue weighted by atomic mass is 10.4. The van der Waals surface area contributed by atoms with E-state index in [1.807, 2.05) is 24.6 Å². The predicted octanol–water partition coefficient (Wildman–Crippen LogP) is 0.621. The van der Waals surface area contributed by atoms with E-state index in [-0.39, 0.29) is 0 Å². The average Bonchev–Trinajstić information content (AvgIpc) is 3.12. The summed E-state index contributed by atoms with van der Waals surface area (Å²) in [5.74, 6) is 1.77. The van der Waals surface area contributed by atoms with Crippen LogP contribution in [0.3, 0.4) is 0 Å². The van der Waals surface area contributed by atoms with Crippen LogP contribution >= 0.6 is 0 Å². The first-order valence-electron chi connectivity index (χ1n) is 6.36. The maximum Gasteiger partial charge on any atom is 0.203 e. The van der Waals surface area contributed by atoms with Crippen molar-refractivity contribution in [1.29, 1.82) is 0 Å². The molecule has 0 aromatic carbocycles. The Morgan fingerprint density at radius 2 is 2.28 bits per heavy atom. The highest BCUT2D eigenvalue weighted by molar-refractivity contribution is 5.63. The summed E-state index contributed by atoms with van der Waals surface area (Å²) in [6.07, 6.45) is 6.33. The molecule has 3 rings (SSSR count). The van der Waals surface area contributed by atoms with Crippen molar-refractivity contribution in [2.45, 2.75) is 25.8 Å². The molecule has 96 valence electrons. The van der Waals surface area contributed by atoms with Crippen molar-refractivity contribution in [2.75, 3.05) is 25.0 Å². The largest absolute Gasteiger partial charge is 0.355 e. The van der Waals surface area contributed by atoms with E-state index in [2.05, 4.69) is 25.4 Å². The molecular formula is C12H18N6. The van der Waals surface area contributed by atoms with Crippen LogP contribution in [0.25, 0.3) is 5.65 Å². The molecule has 1 saturated carbocycles. The summed E-state index contributed by atoms with van der Waals surface area (Å²) in [4.78, 5) is 6.53. The van der Waals surface area contributed by atoms with Gasteiger partial charge in [-0.15, -0.1) is 10.2 Å². The van der Waals surface area contributed by atoms with Crippen LogP contribution in [0.4, 0.5) is 5.82 Å². The molecule has 1 N–H and O–H groups in total. The van der Waals surface area contributed by atoms with Gasteiger partial charge in [0.05, 0.1) is 0 Å². The van der Waals surface area contributed by atoms with Crippen molar-refractivity contribution < 1.29 is 0 Å². The van der Waals surface area contributed by atoms with Crippen LogP contribution in [0.2, 0.25) is 0 Å². The number of nitrogens with one attached hydrogen (secondary N) is 1. The van der Waals surface area contributed by atoms with Crippen LogP contribution < -0.4 is 10.2 Å². The van der Waals surface area contributed by atoms with Crippen molar-refractivity contribution in [2.24, 2.45) is 0 Å². The topological polar surface area (TPSA) is 58.4 Å². The van der Waals surface area contributed by atoms with Gasteiger partial charge in [0.15, 0.2) is 5.82 Å². The molecule has 2 aromatic heterocycles. The van der Waals surface area contributed by atoms with Gasteiger partial charge in [-0.3, -0.25) is 4.40 Å². The van der Waals surface area contributed by atoms with Crippen LogP contribution in [0, 0.1) is 6.92 Å². The third-order valence-electron chi connectivity index (χ3n) is 3.30. The van der Waals surface area contributed by atoms with Crippen LogP contribution in [-0.4, -0.2) is 45.8 Å². The summed E-state index contributed by atoms with van der Waals surface area (Å²) in [5.41, 5.74) is 0.823. The van der Waals surface area contributed by atoms with E-state index < -0.39 is 0 Å². The zero-order chi connectivity index (χ0) is 12.5. The maximum atomic E-state index is 4.41. The Balaban J connectivity index is 1.75. The molecule has 0 aliphatic heterocycles. The molecule has 1 fully saturated rings. The lowest BCUT2D eigenvalue weighted by molar-refractivity contribution is 0.672. The molecule has 6 nitrogen and oxygen atoms in total. The van der Waals surface area contributed by atoms with Crippen LogP contribution in [0.5, 0.6) is 0 Å². The van der Waals surface area contributed by atoms with E-state index in [4.69, 9.17) is 0 Å². The quantitative estimate of drug-likeness (QED) is 0.838. The molecule has 1 aliphatic rings. The molecule has 2 aromatic rings. The Hall–Kier alpha value is -1.69. The van der Waals surface area contributed by atoms with Crippen LogP contribution in [0.15, 0.2) is 12.4 Å². The van der Waals surface area contributed by atoms with Crippen molar-refractivity contribution in [3.63, 3.8) is 0 Å². The SMILES string of the molecule is Cc1nnc2c(N(C)CCNC3CC3)nccn12. The molecule has 0 spiro atoms. The number of aryl methyl sites for hydroxylation is 1. The fraction of sp³-hybridized carbons (Fsp3) is 0.583. The molecule has 6 heteroatoms. The van der Waals surface area contributed by atoms with Gasteiger partial charge in [-0.2, -0.15) is 0 Å². The Bertz CT molecular complexity index is 544. The van der Waals surface area contributed by atoms with Gasteiger partial charge in [-0.1, -0.05) is 0 Å². The highest BCUT2D eigenvalue weighted by Crippen LogP contribution is 2.19. The van der Waals surface area contributed by atoms with Crippen LogP contribution in [0.1, 0.15) is 18.7 Å². The zero-order valence-corrected chi connectivity index (χ0v) is 10.8. The van der Waals surface area contributed by atoms with E-state index >= 15 is 0 Å². The van der Waals surface area contributed by atoms with Crippen LogP contribution in [-0.2, 0) is 0 Å². The fourth-order valence-corrected chi connectivity index (χ4v) is 2.03. The minimum Gasteiger partial charge on any atom is -0.355 e. The minimum atomic E-state index is 0.748. The second-order valence-corrected chi connectivity index (χ2v) is 4.84. The molecule has 1 aliphatic carbocycles. The molecule has 0 atom stereocenters. The monoisotopic (exact) mass is 246 g/mol. The Morgan fingerprint density at radius 3 is 3.06 bits per heavy atom. The smallest absolute Gasteiger partial charge is 0.203 e. The van der Waals surface area contributed by atoms with Gasteiger partial charge in [0.2, 0.25) is 5.65 Å². The van der Waals surface area contributed by atoms with Gasteiger partial charge in [0.1, 0.15) is 5.82 Å². The summed E-state index contributed by atoms with van der Waals surface area (Å²) >= 11 is 0. The van der Waals surface area contributed by atoms with Crippen molar-refractivity contribution in [1.82, 2.24) is 24.9 Å². The highest BCUT2D eigenvalue weighted by atomic mass is 15.3. The molecular weight excluding hydrogens is 228 g/mol. The normalized spacial score (nSPS) is 15.2. The van der Waals surface area contributed by atoms with E-state index in [0.717, 1.165) is 36.4 Å². The summed E-state index contributed by atoms with van der Waals surface area (Å²) < 4.78 is 1.97. The van der Waals surface area contributed by atoms with E-state index in [9.17, 15) is 0 Å². The number of fused-ring (bicyclic) bond motifs is 1. The van der Waals surface area contributed by atoms with E-state index in [1.54, 1.807) is 6.20 Å². The minimum absolute atomic E-state index is 0.748. The molecule has 18 heavy (non-hydrogen) atoms. The fourth-order valence-electron chi connectivity index (χ4n) is 2.03. The molecule has 0 radical (unpaired) electrons. The second-order valence-electron chi connectivity index (χ2n) is 4.84. The summed E-state index contributed by atoms with van der Waals surface area (Å²) in [6.45, 7) is 3.85. The Kier molecular flexibility index (Phi) is 2.87. The van der Waals surface area contributed by atoms with Crippen molar-refractivity contribution in [3.05, 3.63) is 18.2 Å². The Labute approximate surface area is 106 Å². The highest BCUT2D eigenvalue weighted by Gasteiger charge is 2.20. The first-order chi connectivity index (χ1) is 8.75. The number of rotatable bonds is 5. The summed E-state index contributed by atoms with van der Waals surface area (Å²) in [5, 5.41) is 11.8. The molecule has 0 bridgehead atoms. The van der Waals surface area contributed by atoms with Crippen molar-refractivity contribution in [3.8, 4) is 0 Å². The third-order valence-corrected chi connectivity index (χ3v) is 3.30. The van der Waals surface area contributed by atoms with Gasteiger partial charge >= 0.3 is 0 Å². The Morgan fingerprint density at radius 1 is 1.44 bits per heavy atom. The number of aromatic nitrogens is 4. The number of hydrogen-bond acceptors (Lipinski definition) is 5. The first-order valence-corrected chi connectivity index (χ1v) is 6.36. The second kappa shape index (κ2) is 4.53. The number of hydrogen-bond donors (Lipinski definition) is 1. The predicted molar refractivity (Wildman–Crippen MR) is 69.8 cm³/mol. The van der Waals surface area contributed by atoms with Gasteiger partial charge < -0.3 is 10.2 Å². The van der Waals surface area contributed by atoms with E-state index in [0.29, 0.717) is 0 Å². The standard InChI is InChI=1S/C12H18N6/c1-9-15-16-12-11(14-6-8-18(9)12)17(2)7-5-13-10-3-4-10/h6,8,10,13H,3-5,7H2,1-2H3. The summed E-state index contributed by atoms with van der Waals surface area (Å²) in [7, 11) is 2.04. The van der Waals surface area contributed by atoms with Crippen molar-refractivity contribution >= 4 is 11.5 Å². The zero-order valence-electron chi connectivity index (χ0n) is 10.8. The average molecular weight is 246 g/mol. The van der Waals surface area contributed by atoms with Gasteiger partial charge in [0.25, 0.3) is 0 Å². The molecule has 0 amide bonds. The van der Waals surface area contributed by atoms with Gasteiger partial charge in [0, 0.05) is 38.6 Å². The third kappa shape index (κ3) is 2.15. The maximum absolute atomic E-state index is 4.41. The number of likely N-dealkylation sites (N-methyl/N-ethyl adjacent to an activating group) is 1. The molecule has 0 saturated heterocycles.